The van der Waals surface area contributed by atoms with Gasteiger partial charge in [-0.1, -0.05) is 13.3 Å². The van der Waals surface area contributed by atoms with Gasteiger partial charge in [0, 0.05) is 37.9 Å². The maximum Gasteiger partial charge on any atom is 0.162 e. The third kappa shape index (κ3) is 3.14. The smallest absolute Gasteiger partial charge is 0.162 e. The van der Waals surface area contributed by atoms with Crippen LogP contribution in [0.2, 0.25) is 0 Å². The van der Waals surface area contributed by atoms with E-state index < -0.39 is 0 Å². The average molecular weight is 284 g/mol. The van der Waals surface area contributed by atoms with Crippen molar-refractivity contribution in [1.29, 1.82) is 5.26 Å². The summed E-state index contributed by atoms with van der Waals surface area (Å²) in [6.45, 7) is 5.68. The Hall–Kier alpha value is -2.13. The van der Waals surface area contributed by atoms with E-state index in [4.69, 9.17) is 5.26 Å². The molecule has 0 atom stereocenters. The van der Waals surface area contributed by atoms with Gasteiger partial charge in [-0.25, -0.2) is 4.98 Å². The van der Waals surface area contributed by atoms with Crippen molar-refractivity contribution in [3.05, 3.63) is 35.2 Å². The lowest BCUT2D eigenvalue weighted by molar-refractivity contribution is 0.203. The molecular formula is C15H20N6. The van der Waals surface area contributed by atoms with Crippen molar-refractivity contribution in [2.75, 3.05) is 6.54 Å². The van der Waals surface area contributed by atoms with Crippen LogP contribution in [0, 0.1) is 11.3 Å². The van der Waals surface area contributed by atoms with Gasteiger partial charge in [0.05, 0.1) is 12.2 Å². The average Bonchev–Trinajstić information content (AvgIpc) is 3.11. The third-order valence-corrected chi connectivity index (χ3v) is 3.83. The van der Waals surface area contributed by atoms with Crippen molar-refractivity contribution in [3.63, 3.8) is 0 Å². The van der Waals surface area contributed by atoms with Crippen molar-refractivity contribution in [3.8, 4) is 6.07 Å². The highest BCUT2D eigenvalue weighted by atomic mass is 15.3. The quantitative estimate of drug-likeness (QED) is 0.909. The first-order valence-corrected chi connectivity index (χ1v) is 7.50. The number of nitriles is 1. The minimum Gasteiger partial charge on any atom is -0.345 e. The summed E-state index contributed by atoms with van der Waals surface area (Å²) >= 11 is 0. The number of rotatable bonds is 5. The molecule has 2 aromatic rings. The summed E-state index contributed by atoms with van der Waals surface area (Å²) in [6, 6.07) is 3.99. The normalized spacial score (nSPS) is 14.9. The van der Waals surface area contributed by atoms with E-state index in [-0.39, 0.29) is 0 Å². The van der Waals surface area contributed by atoms with Gasteiger partial charge in [0.1, 0.15) is 11.9 Å². The highest BCUT2D eigenvalue weighted by Gasteiger charge is 2.19. The Morgan fingerprint density at radius 3 is 3.14 bits per heavy atom. The molecule has 6 nitrogen and oxygen atoms in total. The van der Waals surface area contributed by atoms with Gasteiger partial charge < -0.3 is 4.98 Å². The van der Waals surface area contributed by atoms with Gasteiger partial charge in [-0.3, -0.25) is 9.58 Å². The highest BCUT2D eigenvalue weighted by molar-refractivity contribution is 5.23. The summed E-state index contributed by atoms with van der Waals surface area (Å²) in [5.74, 6) is 1.08. The predicted octanol–water partition coefficient (Wildman–Crippen LogP) is 1.84. The van der Waals surface area contributed by atoms with Crippen LogP contribution in [0.1, 0.15) is 42.7 Å². The Morgan fingerprint density at radius 2 is 2.33 bits per heavy atom. The number of aryl methyl sites for hydroxylation is 1. The monoisotopic (exact) mass is 284 g/mol. The SMILES string of the molecule is CCCCc1ncc(CN2CCn3nc(C#N)cc3C2)[nH]1. The van der Waals surface area contributed by atoms with Crippen LogP contribution in [0.25, 0.3) is 0 Å². The number of fused-ring (bicyclic) bond motifs is 1. The molecule has 0 radical (unpaired) electrons. The molecule has 3 heterocycles. The first-order chi connectivity index (χ1) is 10.3. The number of H-pyrrole nitrogens is 1. The molecule has 6 heteroatoms. The van der Waals surface area contributed by atoms with Gasteiger partial charge in [-0.15, -0.1) is 0 Å². The second-order valence-electron chi connectivity index (χ2n) is 5.53. The van der Waals surface area contributed by atoms with Crippen molar-refractivity contribution in [2.24, 2.45) is 0 Å². The number of aromatic nitrogens is 4. The van der Waals surface area contributed by atoms with E-state index in [1.54, 1.807) is 0 Å². The highest BCUT2D eigenvalue weighted by Crippen LogP contribution is 2.15. The number of hydrogen-bond donors (Lipinski definition) is 1. The molecule has 21 heavy (non-hydrogen) atoms. The molecule has 0 amide bonds. The number of nitrogens with zero attached hydrogens (tertiary/aromatic N) is 5. The second-order valence-corrected chi connectivity index (χ2v) is 5.53. The topological polar surface area (TPSA) is 73.5 Å². The van der Waals surface area contributed by atoms with Gasteiger partial charge in [-0.2, -0.15) is 10.4 Å². The van der Waals surface area contributed by atoms with E-state index in [0.717, 1.165) is 49.8 Å². The van der Waals surface area contributed by atoms with Gasteiger partial charge in [0.25, 0.3) is 0 Å². The van der Waals surface area contributed by atoms with Crippen LogP contribution in [-0.2, 0) is 26.1 Å². The standard InChI is InChI=1S/C15H20N6/c1-2-3-4-15-17-9-13(18-15)10-20-5-6-21-14(11-20)7-12(8-16)19-21/h7,9H,2-6,10-11H2,1H3,(H,17,18). The molecule has 0 aromatic carbocycles. The van der Waals surface area contributed by atoms with Crippen LogP contribution < -0.4 is 0 Å². The maximum atomic E-state index is 8.91. The summed E-state index contributed by atoms with van der Waals surface area (Å²) < 4.78 is 1.94. The lowest BCUT2D eigenvalue weighted by atomic mass is 10.2. The number of hydrogen-bond acceptors (Lipinski definition) is 4. The molecule has 1 aliphatic rings. The Kier molecular flexibility index (Phi) is 4.02. The first kappa shape index (κ1) is 13.8. The van der Waals surface area contributed by atoms with Crippen LogP contribution in [0.3, 0.4) is 0 Å². The van der Waals surface area contributed by atoms with E-state index in [9.17, 15) is 0 Å². The number of imidazole rings is 1. The molecule has 0 fully saturated rings. The molecule has 3 rings (SSSR count). The lowest BCUT2D eigenvalue weighted by Crippen LogP contribution is -2.33. The van der Waals surface area contributed by atoms with E-state index >= 15 is 0 Å². The largest absolute Gasteiger partial charge is 0.345 e. The minimum absolute atomic E-state index is 0.509. The second kappa shape index (κ2) is 6.10. The van der Waals surface area contributed by atoms with Crippen molar-refractivity contribution in [2.45, 2.75) is 45.8 Å². The predicted molar refractivity (Wildman–Crippen MR) is 78.3 cm³/mol. The fourth-order valence-corrected chi connectivity index (χ4v) is 2.71. The zero-order valence-corrected chi connectivity index (χ0v) is 12.3. The van der Waals surface area contributed by atoms with Crippen LogP contribution in [-0.4, -0.2) is 31.2 Å². The Labute approximate surface area is 124 Å². The Bertz CT molecular complexity index is 647. The van der Waals surface area contributed by atoms with Crippen molar-refractivity contribution >= 4 is 0 Å². The van der Waals surface area contributed by atoms with E-state index in [1.165, 1.54) is 12.8 Å². The number of unbranched alkanes of at least 4 members (excludes halogenated alkanes) is 1. The van der Waals surface area contributed by atoms with Crippen LogP contribution in [0.4, 0.5) is 0 Å². The molecule has 1 N–H and O–H groups in total. The van der Waals surface area contributed by atoms with E-state index in [1.807, 2.05) is 16.9 Å². The summed E-state index contributed by atoms with van der Waals surface area (Å²) in [6.07, 6.45) is 5.33. The molecule has 2 aromatic heterocycles. The summed E-state index contributed by atoms with van der Waals surface area (Å²) in [5.41, 5.74) is 2.79. The van der Waals surface area contributed by atoms with Gasteiger partial charge in [0.2, 0.25) is 0 Å². The molecule has 0 aliphatic carbocycles. The van der Waals surface area contributed by atoms with E-state index in [0.29, 0.717) is 5.69 Å². The van der Waals surface area contributed by atoms with Gasteiger partial charge >= 0.3 is 0 Å². The fraction of sp³-hybridized carbons (Fsp3) is 0.533. The summed E-state index contributed by atoms with van der Waals surface area (Å²) in [4.78, 5) is 10.2. The molecular weight excluding hydrogens is 264 g/mol. The summed E-state index contributed by atoms with van der Waals surface area (Å²) in [5, 5.41) is 13.2. The molecule has 1 aliphatic heterocycles. The minimum atomic E-state index is 0.509. The Morgan fingerprint density at radius 1 is 1.43 bits per heavy atom. The zero-order chi connectivity index (χ0) is 14.7. The van der Waals surface area contributed by atoms with Crippen LogP contribution in [0.5, 0.6) is 0 Å². The fourth-order valence-electron chi connectivity index (χ4n) is 2.71. The molecule has 0 bridgehead atoms. The third-order valence-electron chi connectivity index (χ3n) is 3.83. The summed E-state index contributed by atoms with van der Waals surface area (Å²) in [7, 11) is 0. The zero-order valence-electron chi connectivity index (χ0n) is 12.3. The first-order valence-electron chi connectivity index (χ1n) is 7.50. The van der Waals surface area contributed by atoms with Crippen LogP contribution >= 0.6 is 0 Å². The van der Waals surface area contributed by atoms with Gasteiger partial charge in [-0.05, 0) is 12.5 Å². The van der Waals surface area contributed by atoms with Gasteiger partial charge in [0.15, 0.2) is 5.69 Å². The number of nitrogens with one attached hydrogen (secondary N) is 1. The number of aromatic amines is 1. The molecule has 110 valence electrons. The Balaban J connectivity index is 1.61. The van der Waals surface area contributed by atoms with Crippen molar-refractivity contribution < 1.29 is 0 Å². The molecule has 0 saturated carbocycles. The lowest BCUT2D eigenvalue weighted by Gasteiger charge is -2.26. The van der Waals surface area contributed by atoms with Crippen LogP contribution in [0.15, 0.2) is 12.3 Å². The van der Waals surface area contributed by atoms with Crippen molar-refractivity contribution in [1.82, 2.24) is 24.6 Å². The molecule has 0 unspecified atom stereocenters. The molecule has 0 spiro atoms. The van der Waals surface area contributed by atoms with E-state index in [2.05, 4.69) is 33.0 Å². The molecule has 0 saturated heterocycles. The maximum absolute atomic E-state index is 8.91.